The number of nitrogens with zero attached hydrogens (tertiary/aromatic N) is 5. The van der Waals surface area contributed by atoms with Crippen LogP contribution in [0.4, 0.5) is 0 Å². The Morgan fingerprint density at radius 2 is 0.969 bits per heavy atom. The third-order valence-corrected chi connectivity index (χ3v) is 13.9. The lowest BCUT2D eigenvalue weighted by atomic mass is 10.0. The van der Waals surface area contributed by atoms with Crippen LogP contribution in [0, 0.1) is 0 Å². The molecule has 14 aromatic rings. The Balaban J connectivity index is 1.14. The molecule has 0 aliphatic heterocycles. The molecule has 64 heavy (non-hydrogen) atoms. The summed E-state index contributed by atoms with van der Waals surface area (Å²) < 4.78 is 14.0. The van der Waals surface area contributed by atoms with E-state index in [0.29, 0.717) is 17.6 Å². The highest BCUT2D eigenvalue weighted by Gasteiger charge is 2.26. The van der Waals surface area contributed by atoms with Crippen LogP contribution < -0.4 is 0 Å². The maximum Gasteiger partial charge on any atom is 0.238 e. The van der Waals surface area contributed by atoms with E-state index < -0.39 is 0 Å². The molecule has 0 radical (unpaired) electrons. The SMILES string of the molecule is c1ccc(-c2nc(-c3cccc4sc5ccccc5c34)nc(-n3c4ccccc4c4ccc5c6ccccc6n(-c6ccc(-c7ccccc7)c7oc8ccccc8c67)c5c43)n2)cc1. The molecule has 0 saturated carbocycles. The van der Waals surface area contributed by atoms with Crippen LogP contribution in [0.25, 0.3) is 131 Å². The van der Waals surface area contributed by atoms with Gasteiger partial charge in [-0.2, -0.15) is 9.97 Å². The molecule has 0 unspecified atom stereocenters. The number of para-hydroxylation sites is 3. The van der Waals surface area contributed by atoms with Gasteiger partial charge in [0, 0.05) is 63.8 Å². The Labute approximate surface area is 369 Å². The van der Waals surface area contributed by atoms with Crippen molar-refractivity contribution in [2.75, 3.05) is 0 Å². The fourth-order valence-corrected chi connectivity index (χ4v) is 11.2. The summed E-state index contributed by atoms with van der Waals surface area (Å²) >= 11 is 1.80. The minimum Gasteiger partial charge on any atom is -0.455 e. The van der Waals surface area contributed by atoms with Gasteiger partial charge in [-0.05, 0) is 48.0 Å². The average molecular weight is 836 g/mol. The van der Waals surface area contributed by atoms with Crippen molar-refractivity contribution < 1.29 is 4.42 Å². The Morgan fingerprint density at radius 1 is 0.375 bits per heavy atom. The number of hydrogen-bond donors (Lipinski definition) is 0. The molecule has 6 nitrogen and oxygen atoms in total. The van der Waals surface area contributed by atoms with Crippen molar-refractivity contribution in [3.8, 4) is 45.5 Å². The quantitative estimate of drug-likeness (QED) is 0.173. The van der Waals surface area contributed by atoms with E-state index in [0.717, 1.165) is 98.9 Å². The van der Waals surface area contributed by atoms with Gasteiger partial charge in [0.05, 0.1) is 33.1 Å². The third kappa shape index (κ3) is 5.04. The Kier molecular flexibility index (Phi) is 7.46. The Hall–Kier alpha value is -8.39. The highest BCUT2D eigenvalue weighted by Crippen LogP contribution is 2.46. The van der Waals surface area contributed by atoms with Gasteiger partial charge in [-0.3, -0.25) is 4.57 Å². The van der Waals surface area contributed by atoms with Crippen LogP contribution in [0.1, 0.15) is 0 Å². The second-order valence-electron chi connectivity index (χ2n) is 16.3. The number of aromatic nitrogens is 5. The molecule has 5 heterocycles. The van der Waals surface area contributed by atoms with E-state index in [1.807, 2.05) is 24.3 Å². The summed E-state index contributed by atoms with van der Waals surface area (Å²) in [6.45, 7) is 0. The fourth-order valence-electron chi connectivity index (χ4n) is 10.1. The summed E-state index contributed by atoms with van der Waals surface area (Å²) in [6, 6.07) is 70.6. The average Bonchev–Trinajstić information content (AvgIpc) is 4.12. The monoisotopic (exact) mass is 835 g/mol. The normalized spacial score (nSPS) is 12.1. The lowest BCUT2D eigenvalue weighted by Crippen LogP contribution is -2.07. The van der Waals surface area contributed by atoms with E-state index >= 15 is 0 Å². The standard InChI is InChI=1S/C57H33N5OS/c1-3-16-34(17-4-1)36-32-33-46(51-41-22-9-13-27-47(41)63-54(36)51)61-44-25-11-7-20-37(44)39-30-31-40-38-21-8-12-26-45(38)62(53(40)52(39)61)57-59-55(35-18-5-2-6-19-35)58-56(60-57)43-24-15-29-49-50(43)42-23-10-14-28-48(42)64-49/h1-33H. The molecular weight excluding hydrogens is 803 g/mol. The molecule has 0 N–H and O–H groups in total. The Morgan fingerprint density at radius 3 is 1.73 bits per heavy atom. The zero-order chi connectivity index (χ0) is 41.9. The molecule has 0 aliphatic rings. The van der Waals surface area contributed by atoms with E-state index in [1.54, 1.807) is 11.3 Å². The van der Waals surface area contributed by atoms with Crippen LogP contribution in [-0.2, 0) is 0 Å². The number of rotatable bonds is 5. The number of benzene rings is 9. The summed E-state index contributed by atoms with van der Waals surface area (Å²) in [4.78, 5) is 16.2. The molecule has 9 aromatic carbocycles. The second kappa shape index (κ2) is 13.6. The van der Waals surface area contributed by atoms with Crippen molar-refractivity contribution in [1.29, 1.82) is 0 Å². The zero-order valence-electron chi connectivity index (χ0n) is 34.1. The van der Waals surface area contributed by atoms with Crippen molar-refractivity contribution in [3.63, 3.8) is 0 Å². The summed E-state index contributed by atoms with van der Waals surface area (Å²) in [5, 5.41) is 8.98. The van der Waals surface area contributed by atoms with E-state index in [9.17, 15) is 0 Å². The molecule has 298 valence electrons. The predicted molar refractivity (Wildman–Crippen MR) is 265 cm³/mol. The van der Waals surface area contributed by atoms with Gasteiger partial charge in [-0.15, -0.1) is 11.3 Å². The van der Waals surface area contributed by atoms with Gasteiger partial charge in [0.1, 0.15) is 11.2 Å². The molecule has 0 fully saturated rings. The molecule has 0 saturated heterocycles. The highest BCUT2D eigenvalue weighted by atomic mass is 32.1. The van der Waals surface area contributed by atoms with E-state index in [-0.39, 0.29) is 0 Å². The largest absolute Gasteiger partial charge is 0.455 e. The molecule has 0 aliphatic carbocycles. The van der Waals surface area contributed by atoms with Gasteiger partial charge in [-0.25, -0.2) is 4.98 Å². The summed E-state index contributed by atoms with van der Waals surface area (Å²) in [5.74, 6) is 1.79. The number of furan rings is 1. The van der Waals surface area contributed by atoms with Crippen molar-refractivity contribution >= 4 is 97.1 Å². The molecular formula is C57H33N5OS. The zero-order valence-corrected chi connectivity index (χ0v) is 34.9. The summed E-state index contributed by atoms with van der Waals surface area (Å²) in [5.41, 5.74) is 11.0. The van der Waals surface area contributed by atoms with Crippen LogP contribution in [0.5, 0.6) is 0 Å². The number of hydrogen-bond acceptors (Lipinski definition) is 5. The summed E-state index contributed by atoms with van der Waals surface area (Å²) in [6.07, 6.45) is 0. The van der Waals surface area contributed by atoms with E-state index in [2.05, 4.69) is 185 Å². The molecule has 0 atom stereocenters. The molecule has 0 bridgehead atoms. The molecule has 7 heteroatoms. The number of fused-ring (bicyclic) bond motifs is 13. The maximum atomic E-state index is 6.85. The van der Waals surface area contributed by atoms with Gasteiger partial charge in [0.15, 0.2) is 11.6 Å². The second-order valence-corrected chi connectivity index (χ2v) is 17.4. The molecule has 0 spiro atoms. The molecule has 0 amide bonds. The molecule has 14 rings (SSSR count). The van der Waals surface area contributed by atoms with Gasteiger partial charge in [0.2, 0.25) is 5.95 Å². The van der Waals surface area contributed by atoms with Crippen LogP contribution >= 0.6 is 11.3 Å². The molecule has 5 aromatic heterocycles. The third-order valence-electron chi connectivity index (χ3n) is 12.8. The van der Waals surface area contributed by atoms with Crippen LogP contribution in [-0.4, -0.2) is 24.1 Å². The predicted octanol–water partition coefficient (Wildman–Crippen LogP) is 15.3. The fraction of sp³-hybridized carbons (Fsp3) is 0. The smallest absolute Gasteiger partial charge is 0.238 e. The van der Waals surface area contributed by atoms with Crippen LogP contribution in [0.2, 0.25) is 0 Å². The summed E-state index contributed by atoms with van der Waals surface area (Å²) in [7, 11) is 0. The minimum absolute atomic E-state index is 0.550. The van der Waals surface area contributed by atoms with Crippen LogP contribution in [0.3, 0.4) is 0 Å². The van der Waals surface area contributed by atoms with Crippen molar-refractivity contribution in [2.24, 2.45) is 0 Å². The van der Waals surface area contributed by atoms with Crippen LogP contribution in [0.15, 0.2) is 205 Å². The highest BCUT2D eigenvalue weighted by molar-refractivity contribution is 7.25. The first kappa shape index (κ1) is 35.2. The topological polar surface area (TPSA) is 61.7 Å². The van der Waals surface area contributed by atoms with Gasteiger partial charge >= 0.3 is 0 Å². The lowest BCUT2D eigenvalue weighted by molar-refractivity contribution is 0.670. The van der Waals surface area contributed by atoms with Gasteiger partial charge in [0.25, 0.3) is 0 Å². The van der Waals surface area contributed by atoms with Gasteiger partial charge < -0.3 is 8.98 Å². The first-order valence-corrected chi connectivity index (χ1v) is 22.3. The first-order valence-electron chi connectivity index (χ1n) is 21.4. The first-order chi connectivity index (χ1) is 31.8. The van der Waals surface area contributed by atoms with E-state index in [4.69, 9.17) is 19.4 Å². The maximum absolute atomic E-state index is 6.85. The lowest BCUT2D eigenvalue weighted by Gasteiger charge is -2.15. The minimum atomic E-state index is 0.550. The number of thiophene rings is 1. The van der Waals surface area contributed by atoms with Crippen molar-refractivity contribution in [3.05, 3.63) is 200 Å². The van der Waals surface area contributed by atoms with Crippen molar-refractivity contribution in [1.82, 2.24) is 24.1 Å². The Bertz CT molecular complexity index is 4200. The van der Waals surface area contributed by atoms with Crippen molar-refractivity contribution in [2.45, 2.75) is 0 Å². The van der Waals surface area contributed by atoms with Gasteiger partial charge in [-0.1, -0.05) is 158 Å². The van der Waals surface area contributed by atoms with E-state index in [1.165, 1.54) is 14.8 Å².